The molecule has 25 heavy (non-hydrogen) atoms. The minimum atomic E-state index is -0.174. The second kappa shape index (κ2) is 7.57. The molecule has 1 aliphatic heterocycles. The van der Waals surface area contributed by atoms with Gasteiger partial charge in [0.15, 0.2) is 0 Å². The molecular weight excluding hydrogens is 318 g/mol. The number of ether oxygens (including phenoxy) is 1. The summed E-state index contributed by atoms with van der Waals surface area (Å²) in [4.78, 5) is 14.8. The Kier molecular flexibility index (Phi) is 5.24. The normalized spacial score (nSPS) is 16.8. The molecule has 0 bridgehead atoms. The maximum absolute atomic E-state index is 13.1. The highest BCUT2D eigenvalue weighted by Crippen LogP contribution is 2.25. The van der Waals surface area contributed by atoms with Gasteiger partial charge >= 0.3 is 0 Å². The zero-order chi connectivity index (χ0) is 17.8. The van der Waals surface area contributed by atoms with Crippen LogP contribution in [0.1, 0.15) is 34.3 Å². The molecule has 5 heteroatoms. The molecule has 5 nitrogen and oxygen atoms in total. The lowest BCUT2D eigenvalue weighted by Crippen LogP contribution is -2.37. The first-order valence-corrected chi connectivity index (χ1v) is 8.52. The van der Waals surface area contributed by atoms with Crippen LogP contribution in [-0.4, -0.2) is 40.3 Å². The molecular formula is C20H23NO4. The number of phenols is 2. The molecule has 0 unspecified atom stereocenters. The minimum absolute atomic E-state index is 0.00687. The number of benzene rings is 2. The third-order valence-electron chi connectivity index (χ3n) is 4.62. The van der Waals surface area contributed by atoms with E-state index < -0.39 is 0 Å². The average Bonchev–Trinajstić information content (AvgIpc) is 3.11. The number of rotatable bonds is 5. The van der Waals surface area contributed by atoms with Crippen molar-refractivity contribution in [1.82, 2.24) is 4.90 Å². The summed E-state index contributed by atoms with van der Waals surface area (Å²) in [6.07, 6.45) is 1.92. The minimum Gasteiger partial charge on any atom is -0.508 e. The highest BCUT2D eigenvalue weighted by atomic mass is 16.5. The average molecular weight is 341 g/mol. The van der Waals surface area contributed by atoms with Gasteiger partial charge in [-0.2, -0.15) is 0 Å². The molecule has 0 radical (unpaired) electrons. The van der Waals surface area contributed by atoms with Crippen molar-refractivity contribution in [3.63, 3.8) is 0 Å². The van der Waals surface area contributed by atoms with Gasteiger partial charge in [0.2, 0.25) is 0 Å². The number of hydrogen-bond donors (Lipinski definition) is 2. The highest BCUT2D eigenvalue weighted by molar-refractivity contribution is 5.96. The van der Waals surface area contributed by atoms with Gasteiger partial charge in [-0.3, -0.25) is 4.79 Å². The van der Waals surface area contributed by atoms with E-state index in [4.69, 9.17) is 4.74 Å². The monoisotopic (exact) mass is 341 g/mol. The van der Waals surface area contributed by atoms with Gasteiger partial charge in [0.1, 0.15) is 11.5 Å². The van der Waals surface area contributed by atoms with Gasteiger partial charge in [-0.25, -0.2) is 0 Å². The molecule has 0 aromatic heterocycles. The molecule has 2 aromatic rings. The van der Waals surface area contributed by atoms with E-state index in [0.29, 0.717) is 36.4 Å². The van der Waals surface area contributed by atoms with Crippen molar-refractivity contribution in [3.05, 3.63) is 59.2 Å². The highest BCUT2D eigenvalue weighted by Gasteiger charge is 2.25. The van der Waals surface area contributed by atoms with Crippen molar-refractivity contribution < 1.29 is 19.7 Å². The summed E-state index contributed by atoms with van der Waals surface area (Å²) < 4.78 is 5.69. The summed E-state index contributed by atoms with van der Waals surface area (Å²) >= 11 is 0. The van der Waals surface area contributed by atoms with Gasteiger partial charge in [0.25, 0.3) is 5.91 Å². The molecule has 1 fully saturated rings. The predicted octanol–water partition coefficient (Wildman–Crippen LogP) is 3.23. The first kappa shape index (κ1) is 17.3. The number of amides is 1. The van der Waals surface area contributed by atoms with E-state index in [-0.39, 0.29) is 23.5 Å². The van der Waals surface area contributed by atoms with Crippen LogP contribution in [0.25, 0.3) is 0 Å². The van der Waals surface area contributed by atoms with E-state index >= 15 is 0 Å². The van der Waals surface area contributed by atoms with E-state index in [1.165, 1.54) is 0 Å². The number of hydrogen-bond acceptors (Lipinski definition) is 4. The Morgan fingerprint density at radius 2 is 1.92 bits per heavy atom. The molecule has 1 atom stereocenters. The molecule has 1 aliphatic rings. The van der Waals surface area contributed by atoms with Gasteiger partial charge in [0.05, 0.1) is 6.10 Å². The van der Waals surface area contributed by atoms with E-state index in [9.17, 15) is 15.0 Å². The summed E-state index contributed by atoms with van der Waals surface area (Å²) in [5, 5.41) is 20.0. The number of carbonyl (C=O) groups excluding carboxylic acids is 1. The van der Waals surface area contributed by atoms with Crippen LogP contribution in [0.4, 0.5) is 0 Å². The van der Waals surface area contributed by atoms with Crippen LogP contribution in [0.3, 0.4) is 0 Å². The predicted molar refractivity (Wildman–Crippen MR) is 94.7 cm³/mol. The molecule has 1 amide bonds. The fourth-order valence-electron chi connectivity index (χ4n) is 3.13. The first-order valence-electron chi connectivity index (χ1n) is 8.52. The number of aromatic hydroxyl groups is 2. The Morgan fingerprint density at radius 3 is 2.64 bits per heavy atom. The fourth-order valence-corrected chi connectivity index (χ4v) is 3.13. The molecule has 2 aromatic carbocycles. The Hall–Kier alpha value is -2.53. The van der Waals surface area contributed by atoms with Crippen LogP contribution >= 0.6 is 0 Å². The summed E-state index contributed by atoms with van der Waals surface area (Å²) in [5.41, 5.74) is 1.71. The Bertz CT molecular complexity index is 753. The molecule has 2 N–H and O–H groups in total. The van der Waals surface area contributed by atoms with Crippen LogP contribution in [-0.2, 0) is 11.3 Å². The Morgan fingerprint density at radius 1 is 1.16 bits per heavy atom. The topological polar surface area (TPSA) is 70.0 Å². The third kappa shape index (κ3) is 3.94. The van der Waals surface area contributed by atoms with Crippen LogP contribution in [0, 0.1) is 6.92 Å². The second-order valence-electron chi connectivity index (χ2n) is 6.40. The number of nitrogens with zero attached hydrogens (tertiary/aromatic N) is 1. The van der Waals surface area contributed by atoms with Crippen LogP contribution in [0.5, 0.6) is 11.5 Å². The lowest BCUT2D eigenvalue weighted by atomic mass is 10.1. The molecule has 1 heterocycles. The van der Waals surface area contributed by atoms with Crippen molar-refractivity contribution >= 4 is 5.91 Å². The van der Waals surface area contributed by atoms with Gasteiger partial charge in [0, 0.05) is 36.4 Å². The van der Waals surface area contributed by atoms with Gasteiger partial charge in [-0.15, -0.1) is 0 Å². The lowest BCUT2D eigenvalue weighted by Gasteiger charge is -2.26. The Balaban J connectivity index is 1.88. The molecule has 0 saturated carbocycles. The van der Waals surface area contributed by atoms with Gasteiger partial charge < -0.3 is 19.8 Å². The van der Waals surface area contributed by atoms with Crippen LogP contribution in [0.15, 0.2) is 42.5 Å². The fraction of sp³-hybridized carbons (Fsp3) is 0.350. The standard InChI is InChI=1S/C20H23NO4/c1-14-17(8-4-10-18(14)22)20(24)21(13-16-7-5-11-25-16)12-15-6-2-3-9-19(15)23/h2-4,6,8-10,16,22-23H,5,7,11-13H2,1H3/t16-/m1/s1. The second-order valence-corrected chi connectivity index (χ2v) is 6.40. The van der Waals surface area contributed by atoms with Crippen molar-refractivity contribution in [2.24, 2.45) is 0 Å². The van der Waals surface area contributed by atoms with Crippen molar-refractivity contribution in [1.29, 1.82) is 0 Å². The SMILES string of the molecule is Cc1c(O)cccc1C(=O)N(Cc1ccccc1O)C[C@H]1CCCO1. The molecule has 1 saturated heterocycles. The molecule has 132 valence electrons. The van der Waals surface area contributed by atoms with E-state index in [0.717, 1.165) is 12.8 Å². The summed E-state index contributed by atoms with van der Waals surface area (Å²) in [6.45, 7) is 3.20. The van der Waals surface area contributed by atoms with E-state index in [1.54, 1.807) is 48.2 Å². The van der Waals surface area contributed by atoms with Crippen molar-refractivity contribution in [2.75, 3.05) is 13.2 Å². The number of phenolic OH excluding ortho intramolecular Hbond substituents is 2. The molecule has 3 rings (SSSR count). The quantitative estimate of drug-likeness (QED) is 0.876. The van der Waals surface area contributed by atoms with E-state index in [2.05, 4.69) is 0 Å². The van der Waals surface area contributed by atoms with Gasteiger partial charge in [-0.1, -0.05) is 24.3 Å². The Labute approximate surface area is 147 Å². The van der Waals surface area contributed by atoms with Crippen molar-refractivity contribution in [2.45, 2.75) is 32.4 Å². The largest absolute Gasteiger partial charge is 0.508 e. The zero-order valence-electron chi connectivity index (χ0n) is 14.3. The smallest absolute Gasteiger partial charge is 0.254 e. The summed E-state index contributed by atoms with van der Waals surface area (Å²) in [5.74, 6) is 0.0953. The van der Waals surface area contributed by atoms with E-state index in [1.807, 2.05) is 6.07 Å². The molecule has 0 spiro atoms. The first-order chi connectivity index (χ1) is 12.1. The van der Waals surface area contributed by atoms with Gasteiger partial charge in [-0.05, 0) is 38.0 Å². The third-order valence-corrected chi connectivity index (χ3v) is 4.62. The number of para-hydroxylation sites is 1. The maximum atomic E-state index is 13.1. The van der Waals surface area contributed by atoms with Crippen LogP contribution < -0.4 is 0 Å². The van der Waals surface area contributed by atoms with Crippen LogP contribution in [0.2, 0.25) is 0 Å². The summed E-state index contributed by atoms with van der Waals surface area (Å²) in [7, 11) is 0. The summed E-state index contributed by atoms with van der Waals surface area (Å²) in [6, 6.07) is 12.0. The number of carbonyl (C=O) groups is 1. The molecule has 0 aliphatic carbocycles. The zero-order valence-corrected chi connectivity index (χ0v) is 14.3. The van der Waals surface area contributed by atoms with Crippen molar-refractivity contribution in [3.8, 4) is 11.5 Å². The maximum Gasteiger partial charge on any atom is 0.254 e. The lowest BCUT2D eigenvalue weighted by molar-refractivity contribution is 0.0505.